The van der Waals surface area contributed by atoms with Crippen LogP contribution >= 0.6 is 0 Å². The van der Waals surface area contributed by atoms with Crippen LogP contribution in [0.5, 0.6) is 11.5 Å². The molecule has 2 atom stereocenters. The van der Waals surface area contributed by atoms with Gasteiger partial charge in [-0.15, -0.1) is 0 Å². The summed E-state index contributed by atoms with van der Waals surface area (Å²) in [5.74, 6) is -2.95. The van der Waals surface area contributed by atoms with E-state index in [0.29, 0.717) is 36.3 Å². The van der Waals surface area contributed by atoms with Crippen molar-refractivity contribution in [3.05, 3.63) is 94.3 Å². The normalized spacial score (nSPS) is 17.3. The smallest absolute Gasteiger partial charge is 0.188 e. The first kappa shape index (κ1) is 26.0. The molecule has 0 unspecified atom stereocenters. The molecule has 0 aliphatic heterocycles. The van der Waals surface area contributed by atoms with Gasteiger partial charge in [0.15, 0.2) is 23.7 Å². The van der Waals surface area contributed by atoms with Crippen molar-refractivity contribution < 1.29 is 32.5 Å². The first-order chi connectivity index (χ1) is 17.4. The molecule has 1 aliphatic rings. The fourth-order valence-electron chi connectivity index (χ4n) is 5.07. The number of hydrogen-bond acceptors (Lipinski definition) is 4. The van der Waals surface area contributed by atoms with E-state index in [4.69, 9.17) is 14.2 Å². The Morgan fingerprint density at radius 2 is 1.58 bits per heavy atom. The zero-order chi connectivity index (χ0) is 25.7. The van der Waals surface area contributed by atoms with Crippen LogP contribution in [0, 0.1) is 17.5 Å². The lowest BCUT2D eigenvalue weighted by Gasteiger charge is -2.35. The highest BCUT2D eigenvalue weighted by Crippen LogP contribution is 2.48. The largest absolute Gasteiger partial charge is 0.503 e. The minimum Gasteiger partial charge on any atom is -0.503 e. The van der Waals surface area contributed by atoms with Gasteiger partial charge in [0.1, 0.15) is 11.6 Å². The van der Waals surface area contributed by atoms with Gasteiger partial charge in [-0.1, -0.05) is 24.3 Å². The number of rotatable bonds is 10. The van der Waals surface area contributed by atoms with E-state index in [2.05, 4.69) is 0 Å². The predicted molar refractivity (Wildman–Crippen MR) is 131 cm³/mol. The molecule has 0 aromatic heterocycles. The van der Waals surface area contributed by atoms with E-state index in [1.807, 2.05) is 24.3 Å². The molecular formula is C29H31F3O4. The second kappa shape index (κ2) is 11.8. The molecule has 192 valence electrons. The number of aromatic hydroxyl groups is 1. The van der Waals surface area contributed by atoms with Crippen LogP contribution in [-0.2, 0) is 15.9 Å². The zero-order valence-electron chi connectivity index (χ0n) is 20.5. The van der Waals surface area contributed by atoms with Crippen molar-refractivity contribution in [2.24, 2.45) is 0 Å². The summed E-state index contributed by atoms with van der Waals surface area (Å²) in [7, 11) is 3.23. The lowest BCUT2D eigenvalue weighted by molar-refractivity contribution is -0.107. The van der Waals surface area contributed by atoms with Crippen LogP contribution < -0.4 is 4.74 Å². The van der Waals surface area contributed by atoms with E-state index in [1.54, 1.807) is 26.4 Å². The number of hydrogen-bond donors (Lipinski definition) is 1. The fraction of sp³-hybridized carbons (Fsp3) is 0.379. The number of halogens is 3. The third-order valence-corrected chi connectivity index (χ3v) is 6.94. The summed E-state index contributed by atoms with van der Waals surface area (Å²) in [5.41, 5.74) is 2.59. The second-order valence-corrected chi connectivity index (χ2v) is 9.08. The molecule has 0 bridgehead atoms. The SMILES string of the molecule is COC(CCCCOc1ccc([C@@H]2c3cc(F)c(O)c(F)c3CC[C@@H]2c2ccc(F)cc2)cc1)OC. The van der Waals surface area contributed by atoms with Gasteiger partial charge in [0.25, 0.3) is 0 Å². The minimum atomic E-state index is -0.986. The fourth-order valence-corrected chi connectivity index (χ4v) is 5.07. The molecule has 0 fully saturated rings. The highest BCUT2D eigenvalue weighted by molar-refractivity contribution is 5.49. The third-order valence-electron chi connectivity index (χ3n) is 6.94. The van der Waals surface area contributed by atoms with E-state index >= 15 is 0 Å². The van der Waals surface area contributed by atoms with Gasteiger partial charge in [0, 0.05) is 20.1 Å². The maximum Gasteiger partial charge on any atom is 0.188 e. The van der Waals surface area contributed by atoms with Crippen molar-refractivity contribution >= 4 is 0 Å². The molecular weight excluding hydrogens is 469 g/mol. The Labute approximate surface area is 209 Å². The average Bonchev–Trinajstić information content (AvgIpc) is 2.90. The summed E-state index contributed by atoms with van der Waals surface area (Å²) in [4.78, 5) is 0. The van der Waals surface area contributed by atoms with Crippen molar-refractivity contribution in [1.29, 1.82) is 0 Å². The van der Waals surface area contributed by atoms with Crippen molar-refractivity contribution in [2.75, 3.05) is 20.8 Å². The Morgan fingerprint density at radius 1 is 0.917 bits per heavy atom. The molecule has 1 aliphatic carbocycles. The van der Waals surface area contributed by atoms with Crippen molar-refractivity contribution in [3.8, 4) is 11.5 Å². The summed E-state index contributed by atoms with van der Waals surface area (Å²) in [6, 6.07) is 15.0. The highest BCUT2D eigenvalue weighted by atomic mass is 19.1. The zero-order valence-corrected chi connectivity index (χ0v) is 20.5. The molecule has 0 radical (unpaired) electrons. The van der Waals surface area contributed by atoms with Crippen molar-refractivity contribution in [1.82, 2.24) is 0 Å². The molecule has 3 aromatic rings. The van der Waals surface area contributed by atoms with Gasteiger partial charge in [-0.2, -0.15) is 0 Å². The summed E-state index contributed by atoms with van der Waals surface area (Å²) in [5, 5.41) is 9.83. The van der Waals surface area contributed by atoms with Gasteiger partial charge in [-0.05, 0) is 90.6 Å². The number of unbranched alkanes of at least 4 members (excludes halogenated alkanes) is 1. The van der Waals surface area contributed by atoms with Crippen LogP contribution in [0.2, 0.25) is 0 Å². The van der Waals surface area contributed by atoms with Crippen LogP contribution in [0.3, 0.4) is 0 Å². The molecule has 1 N–H and O–H groups in total. The summed E-state index contributed by atoms with van der Waals surface area (Å²) >= 11 is 0. The van der Waals surface area contributed by atoms with Crippen LogP contribution in [0.1, 0.15) is 59.8 Å². The van der Waals surface area contributed by atoms with Crippen LogP contribution in [0.4, 0.5) is 13.2 Å². The van der Waals surface area contributed by atoms with Crippen LogP contribution in [0.25, 0.3) is 0 Å². The molecule has 0 heterocycles. The Balaban J connectivity index is 1.56. The molecule has 0 amide bonds. The highest BCUT2D eigenvalue weighted by Gasteiger charge is 2.35. The maximum absolute atomic E-state index is 14.8. The van der Waals surface area contributed by atoms with E-state index < -0.39 is 17.4 Å². The van der Waals surface area contributed by atoms with Gasteiger partial charge in [-0.25, -0.2) is 13.2 Å². The molecule has 36 heavy (non-hydrogen) atoms. The average molecular weight is 501 g/mol. The molecule has 7 heteroatoms. The minimum absolute atomic E-state index is 0.109. The van der Waals surface area contributed by atoms with Gasteiger partial charge in [0.2, 0.25) is 0 Å². The molecule has 0 saturated carbocycles. The van der Waals surface area contributed by atoms with Gasteiger partial charge in [0.05, 0.1) is 6.61 Å². The standard InChI is InChI=1S/C29H31F3O4/c1-34-26(35-2)5-3-4-16-36-21-12-8-19(9-13-21)27-22(18-6-10-20(30)11-7-18)14-15-23-24(27)17-25(31)29(33)28(23)32/h6-13,17,22,26-27,33H,3-5,14-16H2,1-2H3/t22-,27+/m1/s1. The second-order valence-electron chi connectivity index (χ2n) is 9.08. The van der Waals surface area contributed by atoms with Gasteiger partial charge in [-0.3, -0.25) is 0 Å². The molecule has 3 aromatic carbocycles. The number of phenolic OH excluding ortho intramolecular Hbond substituents is 1. The molecule has 0 saturated heterocycles. The number of phenols is 1. The summed E-state index contributed by atoms with van der Waals surface area (Å²) < 4.78 is 59.0. The van der Waals surface area contributed by atoms with Crippen LogP contribution in [0.15, 0.2) is 54.6 Å². The maximum atomic E-state index is 14.8. The Hall–Kier alpha value is -3.03. The van der Waals surface area contributed by atoms with E-state index in [1.165, 1.54) is 18.2 Å². The van der Waals surface area contributed by atoms with Crippen LogP contribution in [-0.4, -0.2) is 32.2 Å². The Bertz CT molecular complexity index is 1140. The number of ether oxygens (including phenoxy) is 3. The quantitative estimate of drug-likeness (QED) is 0.245. The topological polar surface area (TPSA) is 47.9 Å². The van der Waals surface area contributed by atoms with Crippen molar-refractivity contribution in [2.45, 2.75) is 50.2 Å². The number of benzene rings is 3. The third kappa shape index (κ3) is 5.68. The lowest BCUT2D eigenvalue weighted by Crippen LogP contribution is -2.22. The molecule has 4 nitrogen and oxygen atoms in total. The van der Waals surface area contributed by atoms with Crippen molar-refractivity contribution in [3.63, 3.8) is 0 Å². The summed E-state index contributed by atoms with van der Waals surface area (Å²) in [6.07, 6.45) is 3.23. The molecule has 4 rings (SSSR count). The summed E-state index contributed by atoms with van der Waals surface area (Å²) in [6.45, 7) is 0.541. The predicted octanol–water partition coefficient (Wildman–Crippen LogP) is 6.84. The number of methoxy groups -OCH3 is 2. The van der Waals surface area contributed by atoms with Gasteiger partial charge >= 0.3 is 0 Å². The van der Waals surface area contributed by atoms with Gasteiger partial charge < -0.3 is 19.3 Å². The molecule has 0 spiro atoms. The van der Waals surface area contributed by atoms with E-state index in [9.17, 15) is 18.3 Å². The van der Waals surface area contributed by atoms with E-state index in [-0.39, 0.29) is 23.9 Å². The first-order valence-electron chi connectivity index (χ1n) is 12.2. The van der Waals surface area contributed by atoms with E-state index in [0.717, 1.165) is 30.4 Å². The number of fused-ring (bicyclic) bond motifs is 1. The lowest BCUT2D eigenvalue weighted by atomic mass is 9.69. The Kier molecular flexibility index (Phi) is 8.54. The first-order valence-corrected chi connectivity index (χ1v) is 12.2. The monoisotopic (exact) mass is 500 g/mol. The Morgan fingerprint density at radius 3 is 2.25 bits per heavy atom.